The van der Waals surface area contributed by atoms with Crippen LogP contribution in [0.4, 0.5) is 0 Å². The van der Waals surface area contributed by atoms with E-state index in [0.717, 1.165) is 12.0 Å². The van der Waals surface area contributed by atoms with E-state index in [1.807, 2.05) is 20.8 Å². The minimum Gasteiger partial charge on any atom is -0.348 e. The van der Waals surface area contributed by atoms with Crippen LogP contribution in [0.1, 0.15) is 40.5 Å². The summed E-state index contributed by atoms with van der Waals surface area (Å²) in [5.41, 5.74) is 1.48. The Kier molecular flexibility index (Phi) is 7.01. The number of rotatable bonds is 7. The molecule has 0 heterocycles. The van der Waals surface area contributed by atoms with E-state index in [9.17, 15) is 9.59 Å². The van der Waals surface area contributed by atoms with Crippen molar-refractivity contribution in [3.63, 3.8) is 0 Å². The zero-order chi connectivity index (χ0) is 14.3. The van der Waals surface area contributed by atoms with E-state index < -0.39 is 6.04 Å². The quantitative estimate of drug-likeness (QED) is 0.680. The topological polar surface area (TPSA) is 58.2 Å². The average Bonchev–Trinajstić information content (AvgIpc) is 2.25. The first-order chi connectivity index (χ1) is 8.29. The smallest absolute Gasteiger partial charge is 0.247 e. The van der Waals surface area contributed by atoms with Crippen molar-refractivity contribution in [2.45, 2.75) is 52.6 Å². The van der Waals surface area contributed by atoms with Crippen molar-refractivity contribution in [2.24, 2.45) is 0 Å². The molecule has 0 aromatic heterocycles. The molecule has 102 valence electrons. The van der Waals surface area contributed by atoms with Gasteiger partial charge >= 0.3 is 0 Å². The average molecular weight is 252 g/mol. The van der Waals surface area contributed by atoms with Crippen LogP contribution in [0.5, 0.6) is 0 Å². The molecule has 0 aromatic rings. The summed E-state index contributed by atoms with van der Waals surface area (Å²) in [4.78, 5) is 23.5. The van der Waals surface area contributed by atoms with Crippen molar-refractivity contribution in [1.29, 1.82) is 0 Å². The number of nitrogens with one attached hydrogen (secondary N) is 2. The zero-order valence-corrected chi connectivity index (χ0v) is 11.8. The Balaban J connectivity index is 4.60. The Hall–Kier alpha value is -1.58. The van der Waals surface area contributed by atoms with E-state index in [1.54, 1.807) is 6.92 Å². The molecule has 0 fully saturated rings. The van der Waals surface area contributed by atoms with Gasteiger partial charge in [0, 0.05) is 12.5 Å². The van der Waals surface area contributed by atoms with Gasteiger partial charge in [0.25, 0.3) is 0 Å². The van der Waals surface area contributed by atoms with Crippen LogP contribution in [0.2, 0.25) is 0 Å². The lowest BCUT2D eigenvalue weighted by atomic mass is 10.1. The van der Waals surface area contributed by atoms with Gasteiger partial charge in [-0.05, 0) is 32.8 Å². The van der Waals surface area contributed by atoms with Gasteiger partial charge in [-0.15, -0.1) is 0 Å². The number of carbonyl (C=O) groups is 2. The predicted octanol–water partition coefficient (Wildman–Crippen LogP) is 1.93. The van der Waals surface area contributed by atoms with Crippen molar-refractivity contribution in [3.05, 3.63) is 24.3 Å². The monoisotopic (exact) mass is 252 g/mol. The van der Waals surface area contributed by atoms with Gasteiger partial charge in [0.2, 0.25) is 11.8 Å². The van der Waals surface area contributed by atoms with Crippen molar-refractivity contribution in [3.8, 4) is 0 Å². The van der Waals surface area contributed by atoms with Crippen molar-refractivity contribution >= 4 is 11.8 Å². The second-order valence-electron chi connectivity index (χ2n) is 4.67. The highest BCUT2D eigenvalue weighted by Crippen LogP contribution is 2.03. The largest absolute Gasteiger partial charge is 0.348 e. The maximum atomic E-state index is 12.0. The molecule has 2 N–H and O–H groups in total. The van der Waals surface area contributed by atoms with Crippen LogP contribution in [0.3, 0.4) is 0 Å². The van der Waals surface area contributed by atoms with Crippen LogP contribution in [0.25, 0.3) is 0 Å². The molecule has 0 rings (SSSR count). The van der Waals surface area contributed by atoms with Crippen LogP contribution in [-0.4, -0.2) is 23.9 Å². The van der Waals surface area contributed by atoms with Gasteiger partial charge in [0.05, 0.1) is 0 Å². The first kappa shape index (κ1) is 16.4. The summed E-state index contributed by atoms with van der Waals surface area (Å²) in [6.45, 7) is 14.9. The second-order valence-corrected chi connectivity index (χ2v) is 4.67. The zero-order valence-electron chi connectivity index (χ0n) is 11.8. The van der Waals surface area contributed by atoms with E-state index in [1.165, 1.54) is 0 Å². The molecule has 2 amide bonds. The fourth-order valence-corrected chi connectivity index (χ4v) is 1.29. The second kappa shape index (κ2) is 7.69. The molecule has 2 atom stereocenters. The van der Waals surface area contributed by atoms with Gasteiger partial charge in [0.15, 0.2) is 0 Å². The highest BCUT2D eigenvalue weighted by Gasteiger charge is 2.22. The van der Waals surface area contributed by atoms with Crippen LogP contribution in [-0.2, 0) is 9.59 Å². The van der Waals surface area contributed by atoms with Crippen molar-refractivity contribution in [2.75, 3.05) is 0 Å². The summed E-state index contributed by atoms with van der Waals surface area (Å²) in [7, 11) is 0. The fourth-order valence-electron chi connectivity index (χ4n) is 1.29. The minimum absolute atomic E-state index is 0.123. The molecule has 0 radical (unpaired) electrons. The van der Waals surface area contributed by atoms with Crippen LogP contribution in [0, 0.1) is 0 Å². The molecule has 18 heavy (non-hydrogen) atoms. The molecule has 0 saturated heterocycles. The van der Waals surface area contributed by atoms with Gasteiger partial charge in [-0.3, -0.25) is 9.59 Å². The van der Waals surface area contributed by atoms with Gasteiger partial charge in [-0.1, -0.05) is 25.7 Å². The third kappa shape index (κ3) is 5.66. The molecule has 0 bridgehead atoms. The van der Waals surface area contributed by atoms with Gasteiger partial charge in [0.1, 0.15) is 6.04 Å². The van der Waals surface area contributed by atoms with Crippen molar-refractivity contribution < 1.29 is 9.59 Å². The molecule has 0 unspecified atom stereocenters. The standard InChI is InChI=1S/C14H24N2O2/c1-7-8-12(17)16-13(10(4)5)14(18)15-11(6)9(2)3/h11,13H,2,4,7-8H2,1,3,5-6H3,(H,15,18)(H,16,17)/t11-,13-/m1/s1. The Morgan fingerprint density at radius 1 is 1.11 bits per heavy atom. The Labute approximate surface area is 110 Å². The molecule has 0 aliphatic carbocycles. The minimum atomic E-state index is -0.675. The van der Waals surface area contributed by atoms with Crippen LogP contribution >= 0.6 is 0 Å². The maximum Gasteiger partial charge on any atom is 0.247 e. The summed E-state index contributed by atoms with van der Waals surface area (Å²) in [5.74, 6) is -0.383. The molecule has 4 heteroatoms. The lowest BCUT2D eigenvalue weighted by Crippen LogP contribution is -2.49. The van der Waals surface area contributed by atoms with E-state index in [0.29, 0.717) is 12.0 Å². The predicted molar refractivity (Wildman–Crippen MR) is 74.1 cm³/mol. The Morgan fingerprint density at radius 2 is 1.67 bits per heavy atom. The number of hydrogen-bond donors (Lipinski definition) is 2. The highest BCUT2D eigenvalue weighted by atomic mass is 16.2. The number of hydrogen-bond acceptors (Lipinski definition) is 2. The summed E-state index contributed by atoms with van der Waals surface area (Å²) in [5, 5.41) is 5.48. The number of carbonyl (C=O) groups excluding carboxylic acids is 2. The first-order valence-electron chi connectivity index (χ1n) is 6.20. The molecule has 0 saturated carbocycles. The summed E-state index contributed by atoms with van der Waals surface area (Å²) >= 11 is 0. The summed E-state index contributed by atoms with van der Waals surface area (Å²) in [6.07, 6.45) is 1.16. The lowest BCUT2D eigenvalue weighted by Gasteiger charge is -2.21. The maximum absolute atomic E-state index is 12.0. The van der Waals surface area contributed by atoms with E-state index in [2.05, 4.69) is 23.8 Å². The molecule has 0 aromatic carbocycles. The molecule has 0 aliphatic heterocycles. The third-order valence-electron chi connectivity index (χ3n) is 2.64. The Morgan fingerprint density at radius 3 is 2.06 bits per heavy atom. The molecular weight excluding hydrogens is 228 g/mol. The van der Waals surface area contributed by atoms with Crippen molar-refractivity contribution in [1.82, 2.24) is 10.6 Å². The van der Waals surface area contributed by atoms with Gasteiger partial charge in [-0.2, -0.15) is 0 Å². The van der Waals surface area contributed by atoms with Crippen LogP contribution in [0.15, 0.2) is 24.3 Å². The molecule has 0 spiro atoms. The first-order valence-corrected chi connectivity index (χ1v) is 6.20. The summed E-state index contributed by atoms with van der Waals surface area (Å²) < 4.78 is 0. The lowest BCUT2D eigenvalue weighted by molar-refractivity contribution is -0.128. The summed E-state index contributed by atoms with van der Waals surface area (Å²) in [6, 6.07) is -0.798. The van der Waals surface area contributed by atoms with Gasteiger partial charge < -0.3 is 10.6 Å². The third-order valence-corrected chi connectivity index (χ3v) is 2.64. The van der Waals surface area contributed by atoms with E-state index in [-0.39, 0.29) is 17.9 Å². The van der Waals surface area contributed by atoms with E-state index in [4.69, 9.17) is 0 Å². The number of amides is 2. The normalized spacial score (nSPS) is 13.3. The molecule has 0 aliphatic rings. The Bertz CT molecular complexity index is 348. The SMILES string of the molecule is C=C(C)[C@@H](NC(=O)CCC)C(=O)N[C@H](C)C(=C)C. The van der Waals surface area contributed by atoms with Gasteiger partial charge in [-0.25, -0.2) is 0 Å². The van der Waals surface area contributed by atoms with E-state index >= 15 is 0 Å². The van der Waals surface area contributed by atoms with Crippen LogP contribution < -0.4 is 10.6 Å². The molecule has 4 nitrogen and oxygen atoms in total. The molecular formula is C14H24N2O2. The fraction of sp³-hybridized carbons (Fsp3) is 0.571. The highest BCUT2D eigenvalue weighted by molar-refractivity contribution is 5.90.